The molecule has 0 bridgehead atoms. The quantitative estimate of drug-likeness (QED) is 0.580. The average molecular weight is 358 g/mol. The zero-order valence-corrected chi connectivity index (χ0v) is 16.0. The van der Waals surface area contributed by atoms with E-state index in [4.69, 9.17) is 23.2 Å². The van der Waals surface area contributed by atoms with Gasteiger partial charge < -0.3 is 4.90 Å². The predicted molar refractivity (Wildman–Crippen MR) is 107 cm³/mol. The van der Waals surface area contributed by atoms with Gasteiger partial charge in [0.1, 0.15) is 0 Å². The molecule has 0 radical (unpaired) electrons. The number of anilines is 1. The van der Waals surface area contributed by atoms with Crippen LogP contribution in [-0.4, -0.2) is 14.1 Å². The van der Waals surface area contributed by atoms with Crippen LogP contribution >= 0.6 is 23.2 Å². The highest BCUT2D eigenvalue weighted by Gasteiger charge is 2.19. The van der Waals surface area contributed by atoms with E-state index in [2.05, 4.69) is 43.0 Å². The van der Waals surface area contributed by atoms with E-state index in [0.29, 0.717) is 10.0 Å². The number of nitrogens with zero attached hydrogens (tertiary/aromatic N) is 1. The highest BCUT2D eigenvalue weighted by molar-refractivity contribution is 6.43. The molecule has 1 aliphatic carbocycles. The summed E-state index contributed by atoms with van der Waals surface area (Å²) in [5.41, 5.74) is 8.57. The van der Waals surface area contributed by atoms with E-state index in [1.54, 1.807) is 0 Å². The van der Waals surface area contributed by atoms with Crippen LogP contribution in [0.3, 0.4) is 0 Å². The molecule has 0 atom stereocenters. The average Bonchev–Trinajstić information content (AvgIpc) is 2.88. The van der Waals surface area contributed by atoms with Gasteiger partial charge in [0.25, 0.3) is 0 Å². The third kappa shape index (κ3) is 3.11. The molecular formula is C21H21Cl2N. The second-order valence-electron chi connectivity index (χ2n) is 6.55. The molecule has 0 unspecified atom stereocenters. The van der Waals surface area contributed by atoms with Gasteiger partial charge in [0.15, 0.2) is 0 Å². The number of allylic oxidation sites excluding steroid dienone is 4. The van der Waals surface area contributed by atoms with Gasteiger partial charge in [-0.25, -0.2) is 0 Å². The fraction of sp³-hybridized carbons (Fsp3) is 0.238. The Balaban J connectivity index is 2.24. The van der Waals surface area contributed by atoms with Crippen molar-refractivity contribution in [3.8, 4) is 11.1 Å². The molecule has 1 aliphatic rings. The predicted octanol–water partition coefficient (Wildman–Crippen LogP) is 6.85. The van der Waals surface area contributed by atoms with Crippen molar-refractivity contribution in [3.05, 3.63) is 69.2 Å². The Morgan fingerprint density at radius 2 is 1.67 bits per heavy atom. The van der Waals surface area contributed by atoms with Crippen LogP contribution in [0.4, 0.5) is 5.69 Å². The van der Waals surface area contributed by atoms with Gasteiger partial charge in [0.2, 0.25) is 0 Å². The summed E-state index contributed by atoms with van der Waals surface area (Å²) in [6.07, 6.45) is 3.25. The molecule has 0 spiro atoms. The van der Waals surface area contributed by atoms with Crippen molar-refractivity contribution in [2.75, 3.05) is 19.0 Å². The molecule has 0 amide bonds. The molecule has 0 aliphatic heterocycles. The third-order valence-corrected chi connectivity index (χ3v) is 5.30. The van der Waals surface area contributed by atoms with E-state index >= 15 is 0 Å². The highest BCUT2D eigenvalue weighted by Crippen LogP contribution is 2.42. The smallest absolute Gasteiger partial charge is 0.0670 e. The lowest BCUT2D eigenvalue weighted by molar-refractivity contribution is 1.13. The largest absolute Gasteiger partial charge is 0.378 e. The molecule has 2 aromatic rings. The monoisotopic (exact) mass is 357 g/mol. The summed E-state index contributed by atoms with van der Waals surface area (Å²) >= 11 is 12.8. The Kier molecular flexibility index (Phi) is 4.76. The van der Waals surface area contributed by atoms with E-state index in [1.807, 2.05) is 32.3 Å². The summed E-state index contributed by atoms with van der Waals surface area (Å²) in [4.78, 5) is 2.10. The summed E-state index contributed by atoms with van der Waals surface area (Å²) in [5, 5.41) is 1.19. The van der Waals surface area contributed by atoms with Crippen molar-refractivity contribution in [2.24, 2.45) is 0 Å². The number of hydrogen-bond donors (Lipinski definition) is 0. The van der Waals surface area contributed by atoms with Gasteiger partial charge in [-0.3, -0.25) is 0 Å². The van der Waals surface area contributed by atoms with E-state index in [-0.39, 0.29) is 0 Å². The maximum atomic E-state index is 6.53. The summed E-state index contributed by atoms with van der Waals surface area (Å²) in [5.74, 6) is 0. The first-order valence-corrected chi connectivity index (χ1v) is 8.77. The number of benzene rings is 2. The first-order chi connectivity index (χ1) is 11.4. The van der Waals surface area contributed by atoms with E-state index < -0.39 is 0 Å². The Labute approximate surface area is 154 Å². The molecule has 0 saturated heterocycles. The Morgan fingerprint density at radius 1 is 0.917 bits per heavy atom. The Hall–Kier alpha value is -1.70. The Bertz CT molecular complexity index is 860. The fourth-order valence-corrected chi connectivity index (χ4v) is 3.64. The summed E-state index contributed by atoms with van der Waals surface area (Å²) in [6.45, 7) is 4.35. The van der Waals surface area contributed by atoms with Crippen molar-refractivity contribution < 1.29 is 0 Å². The van der Waals surface area contributed by atoms with Crippen molar-refractivity contribution in [2.45, 2.75) is 20.3 Å². The molecular weight excluding hydrogens is 337 g/mol. The minimum absolute atomic E-state index is 0.585. The van der Waals surface area contributed by atoms with Crippen LogP contribution in [0.2, 0.25) is 10.0 Å². The molecule has 0 saturated carbocycles. The zero-order valence-electron chi connectivity index (χ0n) is 14.5. The molecule has 3 rings (SSSR count). The van der Waals surface area contributed by atoms with E-state index in [0.717, 1.165) is 23.2 Å². The van der Waals surface area contributed by atoms with E-state index in [1.165, 1.54) is 22.3 Å². The lowest BCUT2D eigenvalue weighted by Gasteiger charge is -2.19. The molecule has 124 valence electrons. The molecule has 2 aromatic carbocycles. The second-order valence-corrected chi connectivity index (χ2v) is 7.34. The second kappa shape index (κ2) is 6.66. The molecule has 1 nitrogen and oxygen atoms in total. The van der Waals surface area contributed by atoms with Gasteiger partial charge in [-0.05, 0) is 60.7 Å². The standard InChI is InChI=1S/C21H21Cl2N/c1-13-10-14(2)18(11-13)16-9-8-15(24(3)4)12-19(16)17-6-5-7-20(22)21(17)23/h5-10,12H,11H2,1-4H3. The molecule has 0 aromatic heterocycles. The van der Waals surface area contributed by atoms with E-state index in [9.17, 15) is 0 Å². The van der Waals surface area contributed by atoms with Crippen molar-refractivity contribution in [1.82, 2.24) is 0 Å². The van der Waals surface area contributed by atoms with Crippen LogP contribution in [0.5, 0.6) is 0 Å². The number of hydrogen-bond acceptors (Lipinski definition) is 1. The molecule has 0 N–H and O–H groups in total. The van der Waals surface area contributed by atoms with Crippen molar-refractivity contribution in [1.29, 1.82) is 0 Å². The van der Waals surface area contributed by atoms with Gasteiger partial charge >= 0.3 is 0 Å². The molecule has 3 heteroatoms. The van der Waals surface area contributed by atoms with Crippen LogP contribution in [0.15, 0.2) is 53.6 Å². The highest BCUT2D eigenvalue weighted by atomic mass is 35.5. The number of rotatable bonds is 3. The third-order valence-electron chi connectivity index (χ3n) is 4.48. The van der Waals surface area contributed by atoms with Crippen LogP contribution in [-0.2, 0) is 0 Å². The van der Waals surface area contributed by atoms with Gasteiger partial charge in [-0.1, -0.05) is 53.1 Å². The maximum Gasteiger partial charge on any atom is 0.0670 e. The van der Waals surface area contributed by atoms with Gasteiger partial charge in [0.05, 0.1) is 10.0 Å². The van der Waals surface area contributed by atoms with Crippen LogP contribution < -0.4 is 4.90 Å². The molecule has 24 heavy (non-hydrogen) atoms. The van der Waals surface area contributed by atoms with Crippen LogP contribution in [0.25, 0.3) is 16.7 Å². The molecule has 0 heterocycles. The van der Waals surface area contributed by atoms with Gasteiger partial charge in [0, 0.05) is 25.3 Å². The van der Waals surface area contributed by atoms with Gasteiger partial charge in [-0.15, -0.1) is 0 Å². The Morgan fingerprint density at radius 3 is 2.29 bits per heavy atom. The fourth-order valence-electron chi connectivity index (χ4n) is 3.24. The first-order valence-electron chi connectivity index (χ1n) is 8.01. The van der Waals surface area contributed by atoms with Crippen molar-refractivity contribution >= 4 is 34.5 Å². The summed E-state index contributed by atoms with van der Waals surface area (Å²) in [7, 11) is 4.09. The maximum absolute atomic E-state index is 6.53. The molecule has 0 fully saturated rings. The lowest BCUT2D eigenvalue weighted by Crippen LogP contribution is -2.09. The minimum Gasteiger partial charge on any atom is -0.378 e. The summed E-state index contributed by atoms with van der Waals surface area (Å²) < 4.78 is 0. The number of halogens is 2. The SMILES string of the molecule is CC1=CC(C)=C(c2ccc(N(C)C)cc2-c2cccc(Cl)c2Cl)C1. The van der Waals surface area contributed by atoms with Crippen LogP contribution in [0, 0.1) is 0 Å². The topological polar surface area (TPSA) is 3.24 Å². The summed E-state index contributed by atoms with van der Waals surface area (Å²) in [6, 6.07) is 12.4. The van der Waals surface area contributed by atoms with Gasteiger partial charge in [-0.2, -0.15) is 0 Å². The lowest BCUT2D eigenvalue weighted by atomic mass is 9.91. The minimum atomic E-state index is 0.585. The normalized spacial score (nSPS) is 14.2. The zero-order chi connectivity index (χ0) is 17.4. The van der Waals surface area contributed by atoms with Crippen LogP contribution in [0.1, 0.15) is 25.8 Å². The first kappa shape index (κ1) is 17.1. The van der Waals surface area contributed by atoms with Crippen molar-refractivity contribution in [3.63, 3.8) is 0 Å².